The predicted molar refractivity (Wildman–Crippen MR) is 65.4 cm³/mol. The third-order valence-corrected chi connectivity index (χ3v) is 2.77. The van der Waals surface area contributed by atoms with Crippen molar-refractivity contribution < 1.29 is 23.6 Å². The van der Waals surface area contributed by atoms with Gasteiger partial charge in [0.1, 0.15) is 0 Å². The van der Waals surface area contributed by atoms with Crippen molar-refractivity contribution in [1.29, 1.82) is 0 Å². The van der Waals surface area contributed by atoms with Crippen LogP contribution in [0, 0.1) is 0 Å². The molecule has 5 nitrogen and oxygen atoms in total. The Bertz CT molecular complexity index is 282. The van der Waals surface area contributed by atoms with Gasteiger partial charge in [0.25, 0.3) is 5.31 Å². The number of carbonyl (C=O) groups excluding carboxylic acids is 1. The minimum absolute atomic E-state index is 0.110. The van der Waals surface area contributed by atoms with Gasteiger partial charge in [0.05, 0.1) is 6.61 Å². The molecule has 0 aliphatic carbocycles. The van der Waals surface area contributed by atoms with Crippen LogP contribution in [-0.4, -0.2) is 32.1 Å². The second kappa shape index (κ2) is 9.28. The summed E-state index contributed by atoms with van der Waals surface area (Å²) in [6.07, 6.45) is -0.647. The van der Waals surface area contributed by atoms with Crippen molar-refractivity contribution in [3.05, 3.63) is 10.9 Å². The SMILES string of the molecule is CCOC(=O)C([PH+]=O)=C(C)C(OCC)OCC. The van der Waals surface area contributed by atoms with Crippen LogP contribution >= 0.6 is 8.46 Å². The van der Waals surface area contributed by atoms with Crippen LogP contribution in [0.2, 0.25) is 0 Å². The Labute approximate surface area is 103 Å². The second-order valence-corrected chi connectivity index (χ2v) is 3.83. The molecule has 98 valence electrons. The van der Waals surface area contributed by atoms with Crippen molar-refractivity contribution in [3.63, 3.8) is 0 Å². The van der Waals surface area contributed by atoms with Gasteiger partial charge in [-0.25, -0.2) is 4.79 Å². The van der Waals surface area contributed by atoms with Crippen LogP contribution in [0.4, 0.5) is 0 Å². The summed E-state index contributed by atoms with van der Waals surface area (Å²) in [7, 11) is -0.884. The van der Waals surface area contributed by atoms with Gasteiger partial charge in [-0.05, 0) is 27.7 Å². The Hall–Kier alpha value is -0.770. The van der Waals surface area contributed by atoms with Crippen LogP contribution < -0.4 is 0 Å². The molecule has 0 aromatic rings. The molecule has 0 aromatic carbocycles. The number of carbonyl (C=O) groups is 1. The molecule has 0 saturated carbocycles. The van der Waals surface area contributed by atoms with E-state index < -0.39 is 20.7 Å². The van der Waals surface area contributed by atoms with Gasteiger partial charge in [0.15, 0.2) is 6.29 Å². The van der Waals surface area contributed by atoms with Crippen LogP contribution in [0.15, 0.2) is 10.9 Å². The van der Waals surface area contributed by atoms with Crippen LogP contribution in [-0.2, 0) is 23.6 Å². The van der Waals surface area contributed by atoms with Crippen LogP contribution in [0.25, 0.3) is 0 Å². The first-order valence-corrected chi connectivity index (χ1v) is 6.52. The molecule has 0 radical (unpaired) electrons. The van der Waals surface area contributed by atoms with Crippen molar-refractivity contribution >= 4 is 14.4 Å². The molecule has 6 heteroatoms. The highest BCUT2D eigenvalue weighted by atomic mass is 31.1. The molecule has 0 heterocycles. The van der Waals surface area contributed by atoms with Gasteiger partial charge < -0.3 is 14.2 Å². The first-order valence-electron chi connectivity index (χ1n) is 5.61. The fourth-order valence-electron chi connectivity index (χ4n) is 1.21. The highest BCUT2D eigenvalue weighted by molar-refractivity contribution is 7.31. The van der Waals surface area contributed by atoms with E-state index in [1.165, 1.54) is 0 Å². The van der Waals surface area contributed by atoms with Gasteiger partial charge in [-0.2, -0.15) is 0 Å². The summed E-state index contributed by atoms with van der Waals surface area (Å²) in [6, 6.07) is 0. The van der Waals surface area contributed by atoms with Gasteiger partial charge in [-0.3, -0.25) is 0 Å². The van der Waals surface area contributed by atoms with Gasteiger partial charge in [-0.1, -0.05) is 4.57 Å². The summed E-state index contributed by atoms with van der Waals surface area (Å²) >= 11 is 0. The Morgan fingerprint density at radius 3 is 2.00 bits per heavy atom. The van der Waals surface area contributed by atoms with Crippen molar-refractivity contribution in [2.45, 2.75) is 34.0 Å². The molecule has 0 spiro atoms. The summed E-state index contributed by atoms with van der Waals surface area (Å²) in [6.45, 7) is 8.13. The third-order valence-electron chi connectivity index (χ3n) is 1.97. The molecular weight excluding hydrogens is 243 g/mol. The smallest absolute Gasteiger partial charge is 0.385 e. The molecule has 0 aliphatic rings. The monoisotopic (exact) mass is 263 g/mol. The van der Waals surface area contributed by atoms with E-state index in [1.54, 1.807) is 13.8 Å². The van der Waals surface area contributed by atoms with E-state index in [2.05, 4.69) is 0 Å². The summed E-state index contributed by atoms with van der Waals surface area (Å²) in [5.41, 5.74) is 0.500. The van der Waals surface area contributed by atoms with E-state index >= 15 is 0 Å². The molecule has 0 saturated heterocycles. The third kappa shape index (κ3) is 5.39. The average Bonchev–Trinajstić information content (AvgIpc) is 2.30. The summed E-state index contributed by atoms with van der Waals surface area (Å²) in [5.74, 6) is -0.581. The van der Waals surface area contributed by atoms with E-state index in [0.29, 0.717) is 18.8 Å². The maximum atomic E-state index is 11.5. The lowest BCUT2D eigenvalue weighted by molar-refractivity contribution is -0.138. The van der Waals surface area contributed by atoms with E-state index in [0.717, 1.165) is 0 Å². The summed E-state index contributed by atoms with van der Waals surface area (Å²) < 4.78 is 26.5. The minimum atomic E-state index is -0.884. The zero-order valence-electron chi connectivity index (χ0n) is 10.7. The fourth-order valence-corrected chi connectivity index (χ4v) is 1.64. The van der Waals surface area contributed by atoms with Crippen molar-refractivity contribution in [2.24, 2.45) is 0 Å². The molecule has 0 aliphatic heterocycles. The second-order valence-electron chi connectivity index (χ2n) is 3.12. The quantitative estimate of drug-likeness (QED) is 0.291. The largest absolute Gasteiger partial charge is 0.460 e. The normalized spacial score (nSPS) is 12.8. The number of ether oxygens (including phenoxy) is 3. The number of rotatable bonds is 8. The first kappa shape index (κ1) is 16.2. The summed E-state index contributed by atoms with van der Waals surface area (Å²) in [4.78, 5) is 11.5. The maximum Gasteiger partial charge on any atom is 0.385 e. The molecule has 0 bridgehead atoms. The Kier molecular flexibility index (Phi) is 8.86. The Morgan fingerprint density at radius 2 is 1.65 bits per heavy atom. The Morgan fingerprint density at radius 1 is 1.12 bits per heavy atom. The molecule has 1 atom stereocenters. The lowest BCUT2D eigenvalue weighted by Crippen LogP contribution is -2.21. The van der Waals surface area contributed by atoms with Crippen LogP contribution in [0.1, 0.15) is 27.7 Å². The van der Waals surface area contributed by atoms with Gasteiger partial charge in [-0.15, -0.1) is 0 Å². The lowest BCUT2D eigenvalue weighted by atomic mass is 10.2. The van der Waals surface area contributed by atoms with Gasteiger partial charge in [0, 0.05) is 18.8 Å². The van der Waals surface area contributed by atoms with Gasteiger partial charge >= 0.3 is 14.4 Å². The fraction of sp³-hybridized carbons (Fsp3) is 0.727. The maximum absolute atomic E-state index is 11.5. The molecule has 1 unspecified atom stereocenters. The topological polar surface area (TPSA) is 61.8 Å². The molecule has 0 rings (SSSR count). The standard InChI is InChI=1S/C11H19O5P/c1-5-14-10(12)9(17-13)8(4)11(15-6-2)16-7-3/h11H,5-7H2,1-4H3/p+1. The molecule has 0 amide bonds. The molecule has 0 N–H and O–H groups in total. The molecular formula is C11H20O5P+. The van der Waals surface area contributed by atoms with E-state index in [-0.39, 0.29) is 11.9 Å². The highest BCUT2D eigenvalue weighted by Gasteiger charge is 2.27. The number of hydrogen-bond donors (Lipinski definition) is 0. The van der Waals surface area contributed by atoms with Gasteiger partial charge in [0.2, 0.25) is 0 Å². The predicted octanol–water partition coefficient (Wildman–Crippen LogP) is 2.25. The van der Waals surface area contributed by atoms with Crippen LogP contribution in [0.5, 0.6) is 0 Å². The average molecular weight is 263 g/mol. The highest BCUT2D eigenvalue weighted by Crippen LogP contribution is 2.23. The zero-order chi connectivity index (χ0) is 13.3. The van der Waals surface area contributed by atoms with Crippen molar-refractivity contribution in [1.82, 2.24) is 0 Å². The van der Waals surface area contributed by atoms with Crippen molar-refractivity contribution in [3.8, 4) is 0 Å². The molecule has 17 heavy (non-hydrogen) atoms. The molecule has 0 fully saturated rings. The molecule has 0 aromatic heterocycles. The van der Waals surface area contributed by atoms with E-state index in [4.69, 9.17) is 14.2 Å². The van der Waals surface area contributed by atoms with E-state index in [9.17, 15) is 9.36 Å². The lowest BCUT2D eigenvalue weighted by Gasteiger charge is -2.16. The van der Waals surface area contributed by atoms with E-state index in [1.807, 2.05) is 13.8 Å². The number of hydrogen-bond acceptors (Lipinski definition) is 5. The summed E-state index contributed by atoms with van der Waals surface area (Å²) in [5, 5.41) is 0.110. The van der Waals surface area contributed by atoms with Crippen LogP contribution in [0.3, 0.4) is 0 Å². The Balaban J connectivity index is 5.00. The number of esters is 1. The minimum Gasteiger partial charge on any atom is -0.460 e. The van der Waals surface area contributed by atoms with Crippen molar-refractivity contribution in [2.75, 3.05) is 19.8 Å². The zero-order valence-corrected chi connectivity index (χ0v) is 11.7. The first-order chi connectivity index (χ1) is 8.12.